The molecule has 0 spiro atoms. The third-order valence-electron chi connectivity index (χ3n) is 4.38. The van der Waals surface area contributed by atoms with E-state index in [2.05, 4.69) is 20.3 Å². The normalized spacial score (nSPS) is 11.0. The van der Waals surface area contributed by atoms with Gasteiger partial charge in [0.05, 0.1) is 0 Å². The molecule has 1 atom stereocenters. The van der Waals surface area contributed by atoms with Crippen molar-refractivity contribution in [2.75, 3.05) is 5.32 Å². The summed E-state index contributed by atoms with van der Waals surface area (Å²) in [6.07, 6.45) is 5.33. The summed E-state index contributed by atoms with van der Waals surface area (Å²) in [6.45, 7) is 0. The Hall–Kier alpha value is -3.01. The van der Waals surface area contributed by atoms with Gasteiger partial charge in [-0.15, -0.1) is 0 Å². The SMILES string of the molecule is O=C(Nc1ccc([AsH]c2nccc(-c3cccnc3)n2)cc1)c1ccc(CCl)cc1. The van der Waals surface area contributed by atoms with Gasteiger partial charge in [-0.2, -0.15) is 0 Å². The van der Waals surface area contributed by atoms with Crippen LogP contribution in [0.2, 0.25) is 0 Å². The summed E-state index contributed by atoms with van der Waals surface area (Å²) in [7, 11) is 0. The predicted molar refractivity (Wildman–Crippen MR) is 122 cm³/mol. The van der Waals surface area contributed by atoms with Crippen molar-refractivity contribution in [1.29, 1.82) is 0 Å². The van der Waals surface area contributed by atoms with Gasteiger partial charge in [-0.3, -0.25) is 0 Å². The van der Waals surface area contributed by atoms with Crippen LogP contribution >= 0.6 is 11.6 Å². The Labute approximate surface area is 186 Å². The van der Waals surface area contributed by atoms with Crippen LogP contribution in [0.5, 0.6) is 0 Å². The minimum absolute atomic E-state index is 0.146. The maximum atomic E-state index is 12.4. The average Bonchev–Trinajstić information content (AvgIpc) is 2.81. The molecule has 0 radical (unpaired) electrons. The Morgan fingerprint density at radius 1 is 0.967 bits per heavy atom. The first-order valence-corrected chi connectivity index (χ1v) is 11.9. The second-order valence-corrected chi connectivity index (χ2v) is 9.44. The Kier molecular flexibility index (Phi) is 6.53. The fourth-order valence-electron chi connectivity index (χ4n) is 2.81. The molecule has 4 aromatic rings. The first-order chi connectivity index (χ1) is 14.7. The van der Waals surface area contributed by atoms with Crippen molar-refractivity contribution in [2.45, 2.75) is 5.88 Å². The number of benzene rings is 2. The Balaban J connectivity index is 1.42. The molecule has 0 saturated heterocycles. The van der Waals surface area contributed by atoms with Crippen molar-refractivity contribution < 1.29 is 4.79 Å². The number of carbonyl (C=O) groups excluding carboxylic acids is 1. The summed E-state index contributed by atoms with van der Waals surface area (Å²) < 4.78 is 2.04. The van der Waals surface area contributed by atoms with Crippen molar-refractivity contribution in [3.8, 4) is 11.3 Å². The van der Waals surface area contributed by atoms with Gasteiger partial charge in [0, 0.05) is 0 Å². The number of hydrogen-bond acceptors (Lipinski definition) is 4. The molecule has 0 fully saturated rings. The Bertz CT molecular complexity index is 1140. The molecule has 1 unspecified atom stereocenters. The van der Waals surface area contributed by atoms with Crippen LogP contribution in [-0.4, -0.2) is 36.6 Å². The van der Waals surface area contributed by atoms with Crippen molar-refractivity contribution in [3.63, 3.8) is 0 Å². The zero-order valence-corrected chi connectivity index (χ0v) is 18.8. The molecule has 1 N–H and O–H groups in total. The van der Waals surface area contributed by atoms with Crippen molar-refractivity contribution in [3.05, 3.63) is 96.4 Å². The maximum absolute atomic E-state index is 12.4. The van der Waals surface area contributed by atoms with Gasteiger partial charge in [0.1, 0.15) is 0 Å². The van der Waals surface area contributed by atoms with E-state index in [9.17, 15) is 4.79 Å². The number of rotatable bonds is 6. The number of pyridine rings is 1. The third-order valence-corrected chi connectivity index (χ3v) is 6.97. The zero-order chi connectivity index (χ0) is 20.8. The van der Waals surface area contributed by atoms with Gasteiger partial charge in [0.2, 0.25) is 0 Å². The molecule has 30 heavy (non-hydrogen) atoms. The van der Waals surface area contributed by atoms with Crippen LogP contribution < -0.4 is 14.3 Å². The minimum atomic E-state index is -0.686. The summed E-state index contributed by atoms with van der Waals surface area (Å²) in [5, 5.41) is 2.92. The van der Waals surface area contributed by atoms with Gasteiger partial charge < -0.3 is 0 Å². The second kappa shape index (κ2) is 9.66. The molecule has 0 saturated carbocycles. The van der Waals surface area contributed by atoms with E-state index in [1.807, 2.05) is 54.6 Å². The van der Waals surface area contributed by atoms with Gasteiger partial charge in [0.25, 0.3) is 0 Å². The van der Waals surface area contributed by atoms with Gasteiger partial charge in [-0.25, -0.2) is 0 Å². The standard InChI is InChI=1S/C23H18AsClN4O/c25-14-16-3-5-17(6-4-16)22(30)28-20-9-7-19(8-10-20)24-23-27-13-11-21(29-23)18-2-1-12-26-15-18/h1-13,15,24H,14H2,(H,28,30). The fourth-order valence-corrected chi connectivity index (χ4v) is 4.89. The van der Waals surface area contributed by atoms with Gasteiger partial charge in [0.15, 0.2) is 0 Å². The van der Waals surface area contributed by atoms with E-state index in [-0.39, 0.29) is 5.91 Å². The van der Waals surface area contributed by atoms with Gasteiger partial charge in [-0.1, -0.05) is 0 Å². The molecule has 148 valence electrons. The van der Waals surface area contributed by atoms with Crippen LogP contribution in [-0.2, 0) is 5.88 Å². The van der Waals surface area contributed by atoms with Gasteiger partial charge in [-0.05, 0) is 0 Å². The average molecular weight is 477 g/mol. The third kappa shape index (κ3) is 5.12. The molecular formula is C23H18AsClN4O. The molecule has 2 aromatic heterocycles. The molecule has 0 aliphatic rings. The number of anilines is 1. The summed E-state index contributed by atoms with van der Waals surface area (Å²) in [5.41, 5.74) is 4.19. The summed E-state index contributed by atoms with van der Waals surface area (Å²) >= 11 is 5.11. The van der Waals surface area contributed by atoms with Gasteiger partial charge >= 0.3 is 187 Å². The van der Waals surface area contributed by atoms with Crippen LogP contribution in [0.1, 0.15) is 15.9 Å². The quantitative estimate of drug-likeness (QED) is 0.343. The molecule has 7 heteroatoms. The van der Waals surface area contributed by atoms with Crippen LogP contribution in [0.3, 0.4) is 0 Å². The van der Waals surface area contributed by atoms with Crippen LogP contribution in [0.15, 0.2) is 85.3 Å². The number of halogens is 1. The summed E-state index contributed by atoms with van der Waals surface area (Å²) in [6, 6.07) is 20.9. The van der Waals surface area contributed by atoms with Crippen LogP contribution in [0.4, 0.5) is 5.69 Å². The Morgan fingerprint density at radius 3 is 2.47 bits per heavy atom. The topological polar surface area (TPSA) is 67.8 Å². The first-order valence-electron chi connectivity index (χ1n) is 9.28. The number of carbonyl (C=O) groups is 1. The molecule has 0 bridgehead atoms. The van der Waals surface area contributed by atoms with Crippen molar-refractivity contribution in [1.82, 2.24) is 15.0 Å². The van der Waals surface area contributed by atoms with Crippen molar-refractivity contribution in [2.24, 2.45) is 0 Å². The number of aromatic nitrogens is 3. The van der Waals surface area contributed by atoms with E-state index in [4.69, 9.17) is 11.6 Å². The predicted octanol–water partition coefficient (Wildman–Crippen LogP) is 2.92. The van der Waals surface area contributed by atoms with Crippen molar-refractivity contribution >= 4 is 47.9 Å². The van der Waals surface area contributed by atoms with E-state index in [0.717, 1.165) is 27.1 Å². The molecule has 2 aromatic carbocycles. The van der Waals surface area contributed by atoms with E-state index in [0.29, 0.717) is 11.4 Å². The molecule has 5 nitrogen and oxygen atoms in total. The Morgan fingerprint density at radius 2 is 1.77 bits per heavy atom. The number of nitrogens with one attached hydrogen (secondary N) is 1. The van der Waals surface area contributed by atoms with Crippen LogP contribution in [0.25, 0.3) is 11.3 Å². The molecule has 0 aliphatic heterocycles. The monoisotopic (exact) mass is 476 g/mol. The number of nitrogens with zero attached hydrogens (tertiary/aromatic N) is 3. The number of amides is 1. The van der Waals surface area contributed by atoms with E-state index in [1.54, 1.807) is 30.7 Å². The zero-order valence-electron chi connectivity index (χ0n) is 15.9. The molecule has 1 amide bonds. The van der Waals surface area contributed by atoms with E-state index >= 15 is 0 Å². The fraction of sp³-hybridized carbons (Fsp3) is 0.0435. The molecule has 4 rings (SSSR count). The molecule has 0 aliphatic carbocycles. The number of hydrogen-bond donors (Lipinski definition) is 1. The molecule has 2 heterocycles. The second-order valence-electron chi connectivity index (χ2n) is 6.49. The molecular weight excluding hydrogens is 459 g/mol. The summed E-state index contributed by atoms with van der Waals surface area (Å²) in [5.74, 6) is 0.286. The number of alkyl halides is 1. The first kappa shape index (κ1) is 20.3. The summed E-state index contributed by atoms with van der Waals surface area (Å²) in [4.78, 5) is 25.7. The van der Waals surface area contributed by atoms with E-state index < -0.39 is 15.8 Å². The van der Waals surface area contributed by atoms with E-state index in [1.165, 1.54) is 4.35 Å². The van der Waals surface area contributed by atoms with Crippen LogP contribution in [0, 0.1) is 0 Å².